The molecule has 0 unspecified atom stereocenters. The van der Waals surface area contributed by atoms with Crippen LogP contribution < -0.4 is 16.8 Å². The van der Waals surface area contributed by atoms with Crippen molar-refractivity contribution in [1.29, 1.82) is 0 Å². The monoisotopic (exact) mass is 219 g/mol. The molecule has 0 aliphatic rings. The van der Waals surface area contributed by atoms with Gasteiger partial charge in [-0.15, -0.1) is 0 Å². The van der Waals surface area contributed by atoms with Crippen LogP contribution >= 0.6 is 12.2 Å². The van der Waals surface area contributed by atoms with Crippen LogP contribution in [0.2, 0.25) is 0 Å². The predicted molar refractivity (Wildman–Crippen MR) is 67.4 cm³/mol. The number of anilines is 1. The average Bonchev–Trinajstić information content (AvgIpc) is 2.20. The molecule has 0 saturated carbocycles. The lowest BCUT2D eigenvalue weighted by Gasteiger charge is -2.02. The molecule has 0 fully saturated rings. The fourth-order valence-electron chi connectivity index (χ4n) is 1.02. The highest BCUT2D eigenvalue weighted by atomic mass is 32.1. The maximum Gasteiger partial charge on any atom is 0.168 e. The van der Waals surface area contributed by atoms with E-state index in [1.807, 2.05) is 24.3 Å². The number of nitrogens with one attached hydrogen (secondary N) is 1. The first-order valence-corrected chi connectivity index (χ1v) is 4.98. The highest BCUT2D eigenvalue weighted by Crippen LogP contribution is 2.08. The van der Waals surface area contributed by atoms with Crippen LogP contribution in [0.15, 0.2) is 24.3 Å². The van der Waals surface area contributed by atoms with E-state index in [-0.39, 0.29) is 5.11 Å². The van der Waals surface area contributed by atoms with E-state index in [0.29, 0.717) is 13.0 Å². The summed E-state index contributed by atoms with van der Waals surface area (Å²) in [5.41, 5.74) is 12.5. The normalized spacial score (nSPS) is 8.87. The van der Waals surface area contributed by atoms with Gasteiger partial charge in [0.1, 0.15) is 0 Å². The van der Waals surface area contributed by atoms with Gasteiger partial charge >= 0.3 is 0 Å². The average molecular weight is 219 g/mol. The van der Waals surface area contributed by atoms with E-state index in [1.165, 1.54) is 0 Å². The molecule has 0 atom stereocenters. The number of hydrogen-bond donors (Lipinski definition) is 3. The van der Waals surface area contributed by atoms with Crippen LogP contribution in [0.5, 0.6) is 0 Å². The van der Waals surface area contributed by atoms with E-state index in [1.54, 1.807) is 0 Å². The van der Waals surface area contributed by atoms with E-state index >= 15 is 0 Å². The maximum absolute atomic E-state index is 5.34. The zero-order valence-corrected chi connectivity index (χ0v) is 9.10. The Balaban J connectivity index is 2.65. The molecule has 0 bridgehead atoms. The lowest BCUT2D eigenvalue weighted by Crippen LogP contribution is -2.18. The van der Waals surface area contributed by atoms with Crippen LogP contribution in [0.25, 0.3) is 0 Å². The summed E-state index contributed by atoms with van der Waals surface area (Å²) < 4.78 is 0. The van der Waals surface area contributed by atoms with Crippen molar-refractivity contribution in [3.05, 3.63) is 29.8 Å². The summed E-state index contributed by atoms with van der Waals surface area (Å²) in [4.78, 5) is 0. The van der Waals surface area contributed by atoms with Gasteiger partial charge in [0.15, 0.2) is 5.11 Å². The van der Waals surface area contributed by atoms with Crippen LogP contribution in [0, 0.1) is 11.8 Å². The molecule has 5 N–H and O–H groups in total. The van der Waals surface area contributed by atoms with E-state index in [4.69, 9.17) is 23.7 Å². The molecule has 1 rings (SSSR count). The van der Waals surface area contributed by atoms with Gasteiger partial charge in [-0.25, -0.2) is 0 Å². The second kappa shape index (κ2) is 6.02. The second-order valence-electron chi connectivity index (χ2n) is 2.91. The topological polar surface area (TPSA) is 64.1 Å². The Hall–Kier alpha value is -1.57. The van der Waals surface area contributed by atoms with Crippen molar-refractivity contribution < 1.29 is 0 Å². The minimum absolute atomic E-state index is 0.261. The molecule has 1 aromatic rings. The van der Waals surface area contributed by atoms with E-state index in [0.717, 1.165) is 11.3 Å². The molecule has 0 spiro atoms. The third kappa shape index (κ3) is 4.45. The van der Waals surface area contributed by atoms with Crippen molar-refractivity contribution in [3.8, 4) is 11.8 Å². The lowest BCUT2D eigenvalue weighted by molar-refractivity contribution is 1.03. The Labute approximate surface area is 94.8 Å². The van der Waals surface area contributed by atoms with Gasteiger partial charge in [-0.2, -0.15) is 0 Å². The van der Waals surface area contributed by atoms with Gasteiger partial charge in [0, 0.05) is 24.2 Å². The fourth-order valence-corrected chi connectivity index (χ4v) is 1.13. The molecule has 0 amide bonds. The van der Waals surface area contributed by atoms with Crippen molar-refractivity contribution in [2.24, 2.45) is 11.5 Å². The van der Waals surface area contributed by atoms with Crippen molar-refractivity contribution in [2.45, 2.75) is 6.42 Å². The molecule has 0 aromatic heterocycles. The number of rotatable bonds is 2. The Bertz CT molecular complexity index is 387. The first kappa shape index (κ1) is 11.5. The molecule has 0 aliphatic heterocycles. The van der Waals surface area contributed by atoms with Crippen LogP contribution in [0.1, 0.15) is 12.0 Å². The Morgan fingerprint density at radius 2 is 2.00 bits per heavy atom. The highest BCUT2D eigenvalue weighted by molar-refractivity contribution is 7.80. The van der Waals surface area contributed by atoms with Crippen molar-refractivity contribution in [3.63, 3.8) is 0 Å². The predicted octanol–water partition coefficient (Wildman–Crippen LogP) is 1.04. The van der Waals surface area contributed by atoms with Crippen molar-refractivity contribution in [1.82, 2.24) is 0 Å². The summed E-state index contributed by atoms with van der Waals surface area (Å²) in [7, 11) is 0. The lowest BCUT2D eigenvalue weighted by atomic mass is 10.2. The van der Waals surface area contributed by atoms with Gasteiger partial charge in [0.25, 0.3) is 0 Å². The maximum atomic E-state index is 5.34. The molecule has 15 heavy (non-hydrogen) atoms. The number of benzene rings is 1. The smallest absolute Gasteiger partial charge is 0.168 e. The fraction of sp³-hybridized carbons (Fsp3) is 0.182. The first-order valence-electron chi connectivity index (χ1n) is 4.58. The molecular formula is C11H13N3S. The molecule has 78 valence electrons. The SMILES string of the molecule is NCCC#Cc1ccc(NC(N)=S)cc1. The van der Waals surface area contributed by atoms with Gasteiger partial charge in [0.05, 0.1) is 0 Å². The molecular weight excluding hydrogens is 206 g/mol. The zero-order valence-electron chi connectivity index (χ0n) is 8.29. The summed E-state index contributed by atoms with van der Waals surface area (Å²) >= 11 is 4.72. The molecule has 0 radical (unpaired) electrons. The number of nitrogens with two attached hydrogens (primary N) is 2. The number of thiocarbonyl (C=S) groups is 1. The minimum atomic E-state index is 0.261. The summed E-state index contributed by atoms with van der Waals surface area (Å²) in [6.07, 6.45) is 0.715. The van der Waals surface area contributed by atoms with Crippen LogP contribution in [0.4, 0.5) is 5.69 Å². The first-order chi connectivity index (χ1) is 7.22. The second-order valence-corrected chi connectivity index (χ2v) is 3.35. The Morgan fingerprint density at radius 3 is 2.53 bits per heavy atom. The quantitative estimate of drug-likeness (QED) is 0.514. The summed E-state index contributed by atoms with van der Waals surface area (Å²) in [5, 5.41) is 3.10. The van der Waals surface area contributed by atoms with Crippen molar-refractivity contribution >= 4 is 23.0 Å². The van der Waals surface area contributed by atoms with Crippen molar-refractivity contribution in [2.75, 3.05) is 11.9 Å². The van der Waals surface area contributed by atoms with Gasteiger partial charge in [0.2, 0.25) is 0 Å². The zero-order chi connectivity index (χ0) is 11.1. The van der Waals surface area contributed by atoms with Gasteiger partial charge in [-0.3, -0.25) is 0 Å². The Kier molecular flexibility index (Phi) is 4.61. The third-order valence-electron chi connectivity index (χ3n) is 1.65. The molecule has 0 aliphatic carbocycles. The van der Waals surface area contributed by atoms with Gasteiger partial charge in [-0.1, -0.05) is 11.8 Å². The molecule has 0 saturated heterocycles. The molecule has 0 heterocycles. The summed E-state index contributed by atoms with van der Waals surface area (Å²) in [5.74, 6) is 5.97. The van der Waals surface area contributed by atoms with Crippen LogP contribution in [0.3, 0.4) is 0 Å². The third-order valence-corrected chi connectivity index (χ3v) is 1.76. The standard InChI is InChI=1S/C11H13N3S/c12-8-2-1-3-9-4-6-10(7-5-9)14-11(13)15/h4-7H,2,8,12H2,(H3,13,14,15). The summed E-state index contributed by atoms with van der Waals surface area (Å²) in [6.45, 7) is 0.591. The van der Waals surface area contributed by atoms with Crippen LogP contribution in [-0.2, 0) is 0 Å². The number of hydrogen-bond acceptors (Lipinski definition) is 2. The van der Waals surface area contributed by atoms with E-state index in [2.05, 4.69) is 17.2 Å². The summed E-state index contributed by atoms with van der Waals surface area (Å²) in [6, 6.07) is 7.57. The van der Waals surface area contributed by atoms with Crippen LogP contribution in [-0.4, -0.2) is 11.7 Å². The van der Waals surface area contributed by atoms with Gasteiger partial charge in [-0.05, 0) is 36.5 Å². The Morgan fingerprint density at radius 1 is 1.33 bits per heavy atom. The highest BCUT2D eigenvalue weighted by Gasteiger charge is 1.92. The molecule has 1 aromatic carbocycles. The van der Waals surface area contributed by atoms with Gasteiger partial charge < -0.3 is 16.8 Å². The minimum Gasteiger partial charge on any atom is -0.376 e. The molecule has 3 nitrogen and oxygen atoms in total. The largest absolute Gasteiger partial charge is 0.376 e. The van der Waals surface area contributed by atoms with E-state index < -0.39 is 0 Å². The molecule has 4 heteroatoms. The van der Waals surface area contributed by atoms with E-state index in [9.17, 15) is 0 Å².